The van der Waals surface area contributed by atoms with Gasteiger partial charge in [-0.25, -0.2) is 0 Å². The van der Waals surface area contributed by atoms with Crippen molar-refractivity contribution in [3.05, 3.63) is 62.7 Å². The van der Waals surface area contributed by atoms with Crippen LogP contribution >= 0.6 is 11.6 Å². The maximum absolute atomic E-state index is 11.1. The highest BCUT2D eigenvalue weighted by atomic mass is 35.5. The molecule has 0 heterocycles. The number of benzene rings is 2. The quantitative estimate of drug-likeness (QED) is 0.623. The summed E-state index contributed by atoms with van der Waals surface area (Å²) >= 11 is 6.02. The zero-order valence-corrected chi connectivity index (χ0v) is 13.0. The summed E-state index contributed by atoms with van der Waals surface area (Å²) in [6.45, 7) is 0.192. The van der Waals surface area contributed by atoms with Gasteiger partial charge in [-0.3, -0.25) is 14.9 Å². The number of nitro groups is 1. The number of hydrogen-bond donors (Lipinski definition) is 2. The Hall–Kier alpha value is -2.80. The molecule has 2 rings (SSSR count). The average Bonchev–Trinajstić information content (AvgIpc) is 2.52. The number of ether oxygens (including phenoxy) is 1. The second-order valence-corrected chi connectivity index (χ2v) is 5.07. The fourth-order valence-electron chi connectivity index (χ4n) is 2.01. The van der Waals surface area contributed by atoms with Crippen LogP contribution in [-0.4, -0.2) is 17.9 Å². The summed E-state index contributed by atoms with van der Waals surface area (Å²) in [5, 5.41) is 14.6. The molecule has 0 radical (unpaired) electrons. The monoisotopic (exact) mass is 335 g/mol. The van der Waals surface area contributed by atoms with Gasteiger partial charge in [-0.15, -0.1) is 0 Å². The van der Waals surface area contributed by atoms with Gasteiger partial charge in [-0.2, -0.15) is 0 Å². The van der Waals surface area contributed by atoms with Crippen LogP contribution in [0.4, 0.5) is 11.4 Å². The molecule has 0 unspecified atom stereocenters. The third-order valence-corrected chi connectivity index (χ3v) is 3.50. The van der Waals surface area contributed by atoms with E-state index in [1.54, 1.807) is 18.2 Å². The van der Waals surface area contributed by atoms with E-state index in [1.807, 2.05) is 0 Å². The molecule has 0 spiro atoms. The molecule has 1 amide bonds. The van der Waals surface area contributed by atoms with Crippen molar-refractivity contribution in [1.82, 2.24) is 0 Å². The summed E-state index contributed by atoms with van der Waals surface area (Å²) in [5.74, 6) is -0.177. The van der Waals surface area contributed by atoms with Crippen LogP contribution in [-0.2, 0) is 6.54 Å². The average molecular weight is 336 g/mol. The minimum atomic E-state index is -0.713. The van der Waals surface area contributed by atoms with Gasteiger partial charge in [-0.1, -0.05) is 11.6 Å². The number of hydrogen-bond acceptors (Lipinski definition) is 5. The topological polar surface area (TPSA) is 107 Å². The van der Waals surface area contributed by atoms with Crippen molar-refractivity contribution >= 4 is 28.9 Å². The van der Waals surface area contributed by atoms with E-state index in [9.17, 15) is 14.9 Å². The van der Waals surface area contributed by atoms with Crippen LogP contribution in [0.15, 0.2) is 36.4 Å². The molecule has 2 aromatic carbocycles. The van der Waals surface area contributed by atoms with Crippen molar-refractivity contribution < 1.29 is 14.5 Å². The summed E-state index contributed by atoms with van der Waals surface area (Å²) < 4.78 is 5.06. The Kier molecular flexibility index (Phi) is 5.02. The van der Waals surface area contributed by atoms with Gasteiger partial charge in [0.1, 0.15) is 5.75 Å². The highest BCUT2D eigenvalue weighted by Crippen LogP contribution is 2.28. The number of nitro benzene ring substituents is 1. The number of halogens is 1. The van der Waals surface area contributed by atoms with Gasteiger partial charge in [0.2, 0.25) is 5.91 Å². The van der Waals surface area contributed by atoms with Crippen molar-refractivity contribution in [3.63, 3.8) is 0 Å². The van der Waals surface area contributed by atoms with Gasteiger partial charge in [-0.05, 0) is 30.3 Å². The number of amides is 1. The van der Waals surface area contributed by atoms with E-state index in [0.717, 1.165) is 0 Å². The van der Waals surface area contributed by atoms with Crippen LogP contribution in [0, 0.1) is 10.1 Å². The van der Waals surface area contributed by atoms with Crippen LogP contribution in [0.3, 0.4) is 0 Å². The molecule has 0 bridgehead atoms. The van der Waals surface area contributed by atoms with Gasteiger partial charge in [0, 0.05) is 29.4 Å². The molecule has 23 heavy (non-hydrogen) atoms. The highest BCUT2D eigenvalue weighted by Gasteiger charge is 2.16. The minimum Gasteiger partial charge on any atom is -0.495 e. The third-order valence-electron chi connectivity index (χ3n) is 3.20. The number of nitrogens with zero attached hydrogens (tertiary/aromatic N) is 1. The van der Waals surface area contributed by atoms with E-state index in [0.29, 0.717) is 22.0 Å². The Labute approximate surface area is 137 Å². The number of anilines is 1. The van der Waals surface area contributed by atoms with Crippen LogP contribution in [0.2, 0.25) is 5.02 Å². The molecule has 0 aliphatic heterocycles. The second-order valence-electron chi connectivity index (χ2n) is 4.67. The van der Waals surface area contributed by atoms with E-state index in [2.05, 4.69) is 5.32 Å². The van der Waals surface area contributed by atoms with Crippen molar-refractivity contribution in [2.75, 3.05) is 12.4 Å². The molecule has 8 heteroatoms. The fraction of sp³-hybridized carbons (Fsp3) is 0.133. The summed E-state index contributed by atoms with van der Waals surface area (Å²) in [7, 11) is 1.51. The molecule has 0 aliphatic carbocycles. The Morgan fingerprint density at radius 2 is 2.09 bits per heavy atom. The van der Waals surface area contributed by atoms with Crippen molar-refractivity contribution in [2.45, 2.75) is 6.54 Å². The minimum absolute atomic E-state index is 0.0907. The van der Waals surface area contributed by atoms with E-state index < -0.39 is 10.8 Å². The van der Waals surface area contributed by atoms with Gasteiger partial charge in [0.05, 0.1) is 17.1 Å². The van der Waals surface area contributed by atoms with Crippen LogP contribution < -0.4 is 15.8 Å². The molecule has 0 saturated heterocycles. The molecule has 7 nitrogen and oxygen atoms in total. The van der Waals surface area contributed by atoms with Gasteiger partial charge >= 0.3 is 0 Å². The first-order chi connectivity index (χ1) is 10.9. The molecule has 0 aliphatic rings. The summed E-state index contributed by atoms with van der Waals surface area (Å²) in [6, 6.07) is 9.21. The molecule has 0 saturated carbocycles. The van der Waals surface area contributed by atoms with Crippen molar-refractivity contribution in [1.29, 1.82) is 0 Å². The third kappa shape index (κ3) is 3.89. The lowest BCUT2D eigenvalue weighted by Gasteiger charge is -2.10. The van der Waals surface area contributed by atoms with Gasteiger partial charge in [0.25, 0.3) is 5.69 Å². The van der Waals surface area contributed by atoms with E-state index in [4.69, 9.17) is 22.1 Å². The first-order valence-corrected chi connectivity index (χ1v) is 6.94. The summed E-state index contributed by atoms with van der Waals surface area (Å²) in [4.78, 5) is 21.7. The zero-order valence-electron chi connectivity index (χ0n) is 12.2. The predicted octanol–water partition coefficient (Wildman–Crippen LogP) is 2.97. The predicted molar refractivity (Wildman–Crippen MR) is 86.9 cm³/mol. The number of nitrogens with two attached hydrogens (primary N) is 1. The number of rotatable bonds is 6. The van der Waals surface area contributed by atoms with Crippen LogP contribution in [0.1, 0.15) is 15.9 Å². The summed E-state index contributed by atoms with van der Waals surface area (Å²) in [5.41, 5.74) is 6.16. The number of carbonyl (C=O) groups excluding carboxylic acids is 1. The van der Waals surface area contributed by atoms with E-state index in [-0.39, 0.29) is 17.8 Å². The molecule has 0 aromatic heterocycles. The Morgan fingerprint density at radius 1 is 1.35 bits per heavy atom. The van der Waals surface area contributed by atoms with Gasteiger partial charge in [0.15, 0.2) is 0 Å². The van der Waals surface area contributed by atoms with Crippen LogP contribution in [0.25, 0.3) is 0 Å². The second kappa shape index (κ2) is 6.97. The number of carbonyl (C=O) groups is 1. The lowest BCUT2D eigenvalue weighted by molar-refractivity contribution is -0.385. The smallest absolute Gasteiger partial charge is 0.275 e. The maximum Gasteiger partial charge on any atom is 0.275 e. The molecule has 2 aromatic rings. The Morgan fingerprint density at radius 3 is 2.65 bits per heavy atom. The van der Waals surface area contributed by atoms with Crippen LogP contribution in [0.5, 0.6) is 5.75 Å². The van der Waals surface area contributed by atoms with E-state index >= 15 is 0 Å². The SMILES string of the molecule is COc1ccc(NCc2ccc(C(N)=O)cc2[N+](=O)[O-])cc1Cl. The first-order valence-electron chi connectivity index (χ1n) is 6.57. The fourth-order valence-corrected chi connectivity index (χ4v) is 2.27. The summed E-state index contributed by atoms with van der Waals surface area (Å²) in [6.07, 6.45) is 0. The number of primary amides is 1. The van der Waals surface area contributed by atoms with Gasteiger partial charge < -0.3 is 15.8 Å². The molecule has 3 N–H and O–H groups in total. The molecular formula is C15H14ClN3O4. The van der Waals surface area contributed by atoms with Crippen molar-refractivity contribution in [2.24, 2.45) is 5.73 Å². The highest BCUT2D eigenvalue weighted by molar-refractivity contribution is 6.32. The maximum atomic E-state index is 11.1. The normalized spacial score (nSPS) is 10.2. The lowest BCUT2D eigenvalue weighted by atomic mass is 10.1. The molecular weight excluding hydrogens is 322 g/mol. The first kappa shape index (κ1) is 16.6. The molecule has 120 valence electrons. The standard InChI is InChI=1S/C15H14ClN3O4/c1-23-14-5-4-11(7-12(14)16)18-8-10-3-2-9(15(17)20)6-13(10)19(21)22/h2-7,18H,8H2,1H3,(H2,17,20). The molecule has 0 fully saturated rings. The number of methoxy groups -OCH3 is 1. The zero-order chi connectivity index (χ0) is 17.0. The Bertz CT molecular complexity index is 764. The number of nitrogens with one attached hydrogen (secondary N) is 1. The molecule has 0 atom stereocenters. The lowest BCUT2D eigenvalue weighted by Crippen LogP contribution is -2.12. The largest absolute Gasteiger partial charge is 0.495 e. The Balaban J connectivity index is 2.21. The van der Waals surface area contributed by atoms with Crippen molar-refractivity contribution in [3.8, 4) is 5.75 Å². The van der Waals surface area contributed by atoms with E-state index in [1.165, 1.54) is 25.3 Å².